The third kappa shape index (κ3) is 3.00. The maximum atomic E-state index is 12.5. The maximum absolute atomic E-state index is 12.5. The van der Waals surface area contributed by atoms with E-state index in [1.165, 1.54) is 20.3 Å². The molecular formula is C23H34O5. The van der Waals surface area contributed by atoms with Crippen LogP contribution in [0.2, 0.25) is 0 Å². The number of hydrogen-bond donors (Lipinski definition) is 0. The van der Waals surface area contributed by atoms with Crippen molar-refractivity contribution in [3.05, 3.63) is 0 Å². The van der Waals surface area contributed by atoms with Crippen LogP contribution < -0.4 is 0 Å². The monoisotopic (exact) mass is 390 g/mol. The summed E-state index contributed by atoms with van der Waals surface area (Å²) >= 11 is 0. The maximum Gasteiger partial charge on any atom is 0.303 e. The first-order valence-electron chi connectivity index (χ1n) is 11.0. The van der Waals surface area contributed by atoms with Gasteiger partial charge in [0.2, 0.25) is 0 Å². The molecule has 0 aromatic heterocycles. The molecule has 4 aliphatic carbocycles. The summed E-state index contributed by atoms with van der Waals surface area (Å²) in [5.74, 6) is 1.75. The van der Waals surface area contributed by atoms with Crippen molar-refractivity contribution in [1.29, 1.82) is 0 Å². The van der Waals surface area contributed by atoms with E-state index in [1.54, 1.807) is 0 Å². The molecule has 0 amide bonds. The van der Waals surface area contributed by atoms with E-state index in [0.29, 0.717) is 36.5 Å². The number of ether oxygens (including phenoxy) is 2. The molecule has 0 heterocycles. The normalized spacial score (nSPS) is 47.5. The molecule has 5 heteroatoms. The van der Waals surface area contributed by atoms with E-state index in [0.717, 1.165) is 32.1 Å². The van der Waals surface area contributed by atoms with Crippen molar-refractivity contribution >= 4 is 17.7 Å². The highest BCUT2D eigenvalue weighted by molar-refractivity contribution is 5.86. The first-order valence-corrected chi connectivity index (χ1v) is 11.0. The second-order valence-corrected chi connectivity index (χ2v) is 10.3. The first-order chi connectivity index (χ1) is 13.1. The largest absolute Gasteiger partial charge is 0.462 e. The standard InChI is InChI=1S/C23H34O5/c1-13(24)27-20-12-23(4)15(11-19(20)26)5-6-16-17-7-8-21(28-14(2)25)22(17,3)10-9-18(16)23/h15-18,20-21H,5-12H2,1-4H3/t15-,16+,17-,18+,20+,21-,22-,23-/m0/s1. The van der Waals surface area contributed by atoms with Gasteiger partial charge in [-0.25, -0.2) is 0 Å². The number of Topliss-reactive ketones (excluding diaryl/α,β-unsaturated/α-hetero) is 1. The van der Waals surface area contributed by atoms with Crippen LogP contribution in [0, 0.1) is 34.5 Å². The van der Waals surface area contributed by atoms with Gasteiger partial charge in [0.1, 0.15) is 6.10 Å². The molecule has 8 atom stereocenters. The summed E-state index contributed by atoms with van der Waals surface area (Å²) < 4.78 is 11.1. The molecule has 0 aromatic carbocycles. The van der Waals surface area contributed by atoms with Gasteiger partial charge in [-0.1, -0.05) is 13.8 Å². The number of esters is 2. The molecule has 0 aromatic rings. The predicted octanol–water partition coefficient (Wildman–Crippen LogP) is 4.07. The lowest BCUT2D eigenvalue weighted by Gasteiger charge is -2.60. The van der Waals surface area contributed by atoms with Gasteiger partial charge in [0.05, 0.1) is 0 Å². The zero-order valence-corrected chi connectivity index (χ0v) is 17.7. The average Bonchev–Trinajstić information content (AvgIpc) is 2.92. The van der Waals surface area contributed by atoms with Crippen LogP contribution >= 0.6 is 0 Å². The minimum Gasteiger partial charge on any atom is -0.462 e. The Bertz CT molecular complexity index is 686. The zero-order valence-electron chi connectivity index (χ0n) is 17.7. The molecule has 0 radical (unpaired) electrons. The molecule has 5 nitrogen and oxygen atoms in total. The van der Waals surface area contributed by atoms with Gasteiger partial charge in [-0.05, 0) is 74.0 Å². The fourth-order valence-corrected chi connectivity index (χ4v) is 7.73. The molecule has 0 N–H and O–H groups in total. The average molecular weight is 391 g/mol. The van der Waals surface area contributed by atoms with E-state index in [-0.39, 0.29) is 34.7 Å². The van der Waals surface area contributed by atoms with Gasteiger partial charge >= 0.3 is 11.9 Å². The van der Waals surface area contributed by atoms with Crippen LogP contribution in [0.5, 0.6) is 0 Å². The Morgan fingerprint density at radius 2 is 1.57 bits per heavy atom. The second-order valence-electron chi connectivity index (χ2n) is 10.3. The topological polar surface area (TPSA) is 69.7 Å². The SMILES string of the molecule is CC(=O)O[C@H]1CC[C@H]2[C@H]3CC[C@H]4CC(=O)[C@H](OC(C)=O)C[C@]4(C)[C@@H]3CC[C@]12C. The van der Waals surface area contributed by atoms with Crippen LogP contribution in [0.15, 0.2) is 0 Å². The summed E-state index contributed by atoms with van der Waals surface area (Å²) in [6, 6.07) is 0. The smallest absolute Gasteiger partial charge is 0.303 e. The Balaban J connectivity index is 1.58. The summed E-state index contributed by atoms with van der Waals surface area (Å²) in [7, 11) is 0. The van der Waals surface area contributed by atoms with Crippen molar-refractivity contribution in [3.63, 3.8) is 0 Å². The fourth-order valence-electron chi connectivity index (χ4n) is 7.73. The number of fused-ring (bicyclic) bond motifs is 5. The number of ketones is 1. The van der Waals surface area contributed by atoms with Crippen molar-refractivity contribution < 1.29 is 23.9 Å². The van der Waals surface area contributed by atoms with Crippen LogP contribution in [0.4, 0.5) is 0 Å². The van der Waals surface area contributed by atoms with Gasteiger partial charge in [-0.3, -0.25) is 14.4 Å². The Morgan fingerprint density at radius 3 is 2.25 bits per heavy atom. The Kier molecular flexibility index (Phi) is 4.86. The summed E-state index contributed by atoms with van der Waals surface area (Å²) in [5, 5.41) is 0. The van der Waals surface area contributed by atoms with Crippen molar-refractivity contribution in [3.8, 4) is 0 Å². The summed E-state index contributed by atoms with van der Waals surface area (Å²) in [4.78, 5) is 35.6. The van der Waals surface area contributed by atoms with E-state index in [2.05, 4.69) is 13.8 Å². The molecule has 4 saturated carbocycles. The van der Waals surface area contributed by atoms with E-state index >= 15 is 0 Å². The van der Waals surface area contributed by atoms with Gasteiger partial charge < -0.3 is 9.47 Å². The van der Waals surface area contributed by atoms with Gasteiger partial charge in [0.15, 0.2) is 11.9 Å². The third-order valence-electron chi connectivity index (χ3n) is 9.03. The Morgan fingerprint density at radius 1 is 0.893 bits per heavy atom. The van der Waals surface area contributed by atoms with Crippen molar-refractivity contribution in [1.82, 2.24) is 0 Å². The second kappa shape index (κ2) is 6.84. The zero-order chi connectivity index (χ0) is 20.3. The molecule has 156 valence electrons. The van der Waals surface area contributed by atoms with Gasteiger partial charge in [0, 0.05) is 25.7 Å². The minimum atomic E-state index is -0.566. The van der Waals surface area contributed by atoms with Crippen LogP contribution in [0.1, 0.15) is 79.1 Å². The molecule has 0 saturated heterocycles. The summed E-state index contributed by atoms with van der Waals surface area (Å²) in [6.45, 7) is 7.58. The lowest BCUT2D eigenvalue weighted by Crippen LogP contribution is -2.56. The first kappa shape index (κ1) is 19.9. The van der Waals surface area contributed by atoms with Gasteiger partial charge in [-0.2, -0.15) is 0 Å². The van der Waals surface area contributed by atoms with E-state index in [1.807, 2.05) is 0 Å². The highest BCUT2D eigenvalue weighted by atomic mass is 16.5. The highest BCUT2D eigenvalue weighted by Gasteiger charge is 2.62. The molecule has 0 aliphatic heterocycles. The molecule has 0 bridgehead atoms. The van der Waals surface area contributed by atoms with Crippen molar-refractivity contribution in [2.75, 3.05) is 0 Å². The molecular weight excluding hydrogens is 356 g/mol. The molecule has 28 heavy (non-hydrogen) atoms. The van der Waals surface area contributed by atoms with Crippen LogP contribution in [0.3, 0.4) is 0 Å². The quantitative estimate of drug-likeness (QED) is 0.665. The number of carbonyl (C=O) groups is 3. The van der Waals surface area contributed by atoms with Crippen molar-refractivity contribution in [2.45, 2.75) is 91.3 Å². The van der Waals surface area contributed by atoms with E-state index in [4.69, 9.17) is 9.47 Å². The summed E-state index contributed by atoms with van der Waals surface area (Å²) in [5.41, 5.74) is 0.133. The minimum absolute atomic E-state index is 0.0446. The molecule has 0 spiro atoms. The van der Waals surface area contributed by atoms with E-state index < -0.39 is 6.10 Å². The third-order valence-corrected chi connectivity index (χ3v) is 9.03. The number of hydrogen-bond acceptors (Lipinski definition) is 5. The van der Waals surface area contributed by atoms with Crippen molar-refractivity contribution in [2.24, 2.45) is 34.5 Å². The number of carbonyl (C=O) groups excluding carboxylic acids is 3. The molecule has 4 rings (SSSR count). The lowest BCUT2D eigenvalue weighted by atomic mass is 9.45. The highest BCUT2D eigenvalue weighted by Crippen LogP contribution is 2.66. The lowest BCUT2D eigenvalue weighted by molar-refractivity contribution is -0.175. The molecule has 0 unspecified atom stereocenters. The predicted molar refractivity (Wildman–Crippen MR) is 103 cm³/mol. The van der Waals surface area contributed by atoms with Crippen LogP contribution in [-0.2, 0) is 23.9 Å². The Labute approximate surface area is 167 Å². The molecule has 4 aliphatic rings. The van der Waals surface area contributed by atoms with Crippen LogP contribution in [-0.4, -0.2) is 29.9 Å². The molecule has 4 fully saturated rings. The van der Waals surface area contributed by atoms with E-state index in [9.17, 15) is 14.4 Å². The fraction of sp³-hybridized carbons (Fsp3) is 0.870. The summed E-state index contributed by atoms with van der Waals surface area (Å²) in [6.07, 6.45) is 7.25. The van der Waals surface area contributed by atoms with Gasteiger partial charge in [0.25, 0.3) is 0 Å². The van der Waals surface area contributed by atoms with Gasteiger partial charge in [-0.15, -0.1) is 0 Å². The Hall–Kier alpha value is -1.39. The van der Waals surface area contributed by atoms with Crippen LogP contribution in [0.25, 0.3) is 0 Å². The number of rotatable bonds is 2.